The van der Waals surface area contributed by atoms with Crippen LogP contribution in [0.2, 0.25) is 0 Å². The summed E-state index contributed by atoms with van der Waals surface area (Å²) in [6.07, 6.45) is 0. The van der Waals surface area contributed by atoms with E-state index >= 15 is 0 Å². The number of nitrogens with one attached hydrogen (secondary N) is 1. The number of aromatic nitrogens is 2. The fourth-order valence-electron chi connectivity index (χ4n) is 2.50. The second-order valence-electron chi connectivity index (χ2n) is 5.47. The van der Waals surface area contributed by atoms with Crippen molar-refractivity contribution in [2.45, 2.75) is 18.5 Å². The lowest BCUT2D eigenvalue weighted by atomic mass is 10.2. The summed E-state index contributed by atoms with van der Waals surface area (Å²) in [7, 11) is 1.62. The molecule has 0 saturated carbocycles. The van der Waals surface area contributed by atoms with Crippen LogP contribution in [0.5, 0.6) is 5.75 Å². The van der Waals surface area contributed by atoms with Crippen molar-refractivity contribution in [1.82, 2.24) is 15.3 Å². The van der Waals surface area contributed by atoms with E-state index in [1.165, 1.54) is 11.8 Å². The number of thioether (sulfide) groups is 1. The van der Waals surface area contributed by atoms with Gasteiger partial charge >= 0.3 is 0 Å². The van der Waals surface area contributed by atoms with Gasteiger partial charge in [-0.2, -0.15) is 0 Å². The van der Waals surface area contributed by atoms with Crippen molar-refractivity contribution in [2.75, 3.05) is 12.9 Å². The molecule has 1 aromatic heterocycles. The first-order valence-corrected chi connectivity index (χ1v) is 8.90. The van der Waals surface area contributed by atoms with E-state index in [0.29, 0.717) is 18.1 Å². The Balaban J connectivity index is 1.63. The van der Waals surface area contributed by atoms with Gasteiger partial charge in [-0.3, -0.25) is 4.79 Å². The van der Waals surface area contributed by atoms with Crippen molar-refractivity contribution in [3.8, 4) is 5.75 Å². The Kier molecular flexibility index (Phi) is 5.50. The lowest BCUT2D eigenvalue weighted by Gasteiger charge is -2.10. The smallest absolute Gasteiger partial charge is 0.230 e. The number of aryl methyl sites for hydroxylation is 1. The molecule has 3 rings (SSSR count). The van der Waals surface area contributed by atoms with Gasteiger partial charge in [-0.25, -0.2) is 9.97 Å². The molecular formula is C19H19N3O2S. The summed E-state index contributed by atoms with van der Waals surface area (Å²) in [6, 6.07) is 15.5. The van der Waals surface area contributed by atoms with E-state index in [4.69, 9.17) is 4.74 Å². The van der Waals surface area contributed by atoms with Crippen molar-refractivity contribution in [1.29, 1.82) is 0 Å². The second-order valence-corrected chi connectivity index (χ2v) is 6.43. The van der Waals surface area contributed by atoms with Gasteiger partial charge in [0.1, 0.15) is 16.6 Å². The van der Waals surface area contributed by atoms with Gasteiger partial charge in [-0.15, -0.1) is 0 Å². The van der Waals surface area contributed by atoms with Crippen LogP contribution in [0.4, 0.5) is 0 Å². The fraction of sp³-hybridized carbons (Fsp3) is 0.211. The van der Waals surface area contributed by atoms with Crippen LogP contribution < -0.4 is 10.1 Å². The van der Waals surface area contributed by atoms with Gasteiger partial charge in [0.25, 0.3) is 0 Å². The zero-order valence-electron chi connectivity index (χ0n) is 14.2. The Labute approximate surface area is 150 Å². The SMILES string of the molecule is COc1ccccc1CNC(=O)CSc1nc(C)nc2ccccc12. The molecular weight excluding hydrogens is 334 g/mol. The maximum Gasteiger partial charge on any atom is 0.230 e. The summed E-state index contributed by atoms with van der Waals surface area (Å²) in [4.78, 5) is 21.1. The van der Waals surface area contributed by atoms with Crippen LogP contribution in [0.1, 0.15) is 11.4 Å². The molecule has 1 N–H and O–H groups in total. The van der Waals surface area contributed by atoms with Crippen molar-refractivity contribution in [2.24, 2.45) is 0 Å². The number of nitrogens with zero attached hydrogens (tertiary/aromatic N) is 2. The molecule has 0 bridgehead atoms. The first-order valence-electron chi connectivity index (χ1n) is 7.92. The minimum Gasteiger partial charge on any atom is -0.496 e. The molecule has 0 atom stereocenters. The predicted molar refractivity (Wildman–Crippen MR) is 99.8 cm³/mol. The molecule has 128 valence electrons. The van der Waals surface area contributed by atoms with Crippen molar-refractivity contribution < 1.29 is 9.53 Å². The van der Waals surface area contributed by atoms with Crippen molar-refractivity contribution in [3.05, 3.63) is 59.9 Å². The van der Waals surface area contributed by atoms with E-state index in [2.05, 4.69) is 15.3 Å². The van der Waals surface area contributed by atoms with Crippen LogP contribution in [0, 0.1) is 6.92 Å². The first kappa shape index (κ1) is 17.2. The van der Waals surface area contributed by atoms with Crippen molar-refractivity contribution >= 4 is 28.6 Å². The lowest BCUT2D eigenvalue weighted by molar-refractivity contribution is -0.118. The highest BCUT2D eigenvalue weighted by molar-refractivity contribution is 8.00. The number of amides is 1. The summed E-state index contributed by atoms with van der Waals surface area (Å²) >= 11 is 1.42. The highest BCUT2D eigenvalue weighted by Crippen LogP contribution is 2.25. The Hall–Kier alpha value is -2.60. The summed E-state index contributed by atoms with van der Waals surface area (Å²) in [5.74, 6) is 1.73. The molecule has 0 fully saturated rings. The Morgan fingerprint density at radius 3 is 2.72 bits per heavy atom. The molecule has 5 nitrogen and oxygen atoms in total. The zero-order chi connectivity index (χ0) is 17.6. The van der Waals surface area contributed by atoms with Crippen LogP contribution in [0.3, 0.4) is 0 Å². The van der Waals surface area contributed by atoms with Gasteiger partial charge < -0.3 is 10.1 Å². The number of carbonyl (C=O) groups excluding carboxylic acids is 1. The zero-order valence-corrected chi connectivity index (χ0v) is 15.0. The summed E-state index contributed by atoms with van der Waals surface area (Å²) in [5.41, 5.74) is 1.85. The maximum absolute atomic E-state index is 12.2. The number of hydrogen-bond acceptors (Lipinski definition) is 5. The molecule has 0 saturated heterocycles. The molecule has 0 aliphatic heterocycles. The van der Waals surface area contributed by atoms with Gasteiger partial charge in [-0.05, 0) is 19.1 Å². The number of fused-ring (bicyclic) bond motifs is 1. The number of methoxy groups -OCH3 is 1. The van der Waals surface area contributed by atoms with Gasteiger partial charge in [0.15, 0.2) is 0 Å². The number of ether oxygens (including phenoxy) is 1. The molecule has 3 aromatic rings. The molecule has 0 aliphatic carbocycles. The van der Waals surface area contributed by atoms with Gasteiger partial charge in [0.05, 0.1) is 18.4 Å². The van der Waals surface area contributed by atoms with E-state index in [1.54, 1.807) is 7.11 Å². The van der Waals surface area contributed by atoms with Crippen LogP contribution in [0.15, 0.2) is 53.6 Å². The Bertz CT molecular complexity index is 899. The highest BCUT2D eigenvalue weighted by atomic mass is 32.2. The molecule has 6 heteroatoms. The number of hydrogen-bond donors (Lipinski definition) is 1. The average Bonchev–Trinajstić information content (AvgIpc) is 2.64. The lowest BCUT2D eigenvalue weighted by Crippen LogP contribution is -2.24. The van der Waals surface area contributed by atoms with Gasteiger partial charge in [-0.1, -0.05) is 48.2 Å². The highest BCUT2D eigenvalue weighted by Gasteiger charge is 2.10. The number of carbonyl (C=O) groups is 1. The predicted octanol–water partition coefficient (Wildman–Crippen LogP) is 3.36. The molecule has 25 heavy (non-hydrogen) atoms. The minimum atomic E-state index is -0.0451. The van der Waals surface area contributed by atoms with Crippen LogP contribution >= 0.6 is 11.8 Å². The van der Waals surface area contributed by atoms with Gasteiger partial charge in [0.2, 0.25) is 5.91 Å². The third-order valence-electron chi connectivity index (χ3n) is 3.69. The summed E-state index contributed by atoms with van der Waals surface area (Å²) in [6.45, 7) is 2.30. The topological polar surface area (TPSA) is 64.1 Å². The van der Waals surface area contributed by atoms with E-state index in [1.807, 2.05) is 55.5 Å². The average molecular weight is 353 g/mol. The molecule has 1 heterocycles. The van der Waals surface area contributed by atoms with Crippen LogP contribution in [-0.2, 0) is 11.3 Å². The molecule has 2 aromatic carbocycles. The first-order chi connectivity index (χ1) is 12.2. The standard InChI is InChI=1S/C19H19N3O2S/c1-13-21-16-9-5-4-8-15(16)19(22-13)25-12-18(23)20-11-14-7-3-6-10-17(14)24-2/h3-10H,11-12H2,1-2H3,(H,20,23). The van der Waals surface area contributed by atoms with E-state index in [0.717, 1.165) is 27.2 Å². The van der Waals surface area contributed by atoms with Crippen LogP contribution in [0.25, 0.3) is 10.9 Å². The quantitative estimate of drug-likeness (QED) is 0.544. The fourth-order valence-corrected chi connectivity index (χ4v) is 3.39. The number of rotatable bonds is 6. The molecule has 1 amide bonds. The monoisotopic (exact) mass is 353 g/mol. The van der Waals surface area contributed by atoms with Gasteiger partial charge in [0, 0.05) is 17.5 Å². The molecule has 0 radical (unpaired) electrons. The maximum atomic E-state index is 12.2. The van der Waals surface area contributed by atoms with E-state index in [-0.39, 0.29) is 5.91 Å². The Morgan fingerprint density at radius 2 is 1.88 bits per heavy atom. The largest absolute Gasteiger partial charge is 0.496 e. The Morgan fingerprint density at radius 1 is 1.12 bits per heavy atom. The van der Waals surface area contributed by atoms with Crippen LogP contribution in [-0.4, -0.2) is 28.7 Å². The third-order valence-corrected chi connectivity index (χ3v) is 4.68. The number of para-hydroxylation sites is 2. The second kappa shape index (κ2) is 7.98. The van der Waals surface area contributed by atoms with E-state index < -0.39 is 0 Å². The molecule has 0 spiro atoms. The van der Waals surface area contributed by atoms with Crippen molar-refractivity contribution in [3.63, 3.8) is 0 Å². The summed E-state index contributed by atoms with van der Waals surface area (Å²) < 4.78 is 5.29. The third kappa shape index (κ3) is 4.28. The summed E-state index contributed by atoms with van der Waals surface area (Å²) in [5, 5.41) is 4.72. The number of benzene rings is 2. The minimum absolute atomic E-state index is 0.0451. The molecule has 0 unspecified atom stereocenters. The molecule has 0 aliphatic rings. The van der Waals surface area contributed by atoms with E-state index in [9.17, 15) is 4.79 Å². The normalized spacial score (nSPS) is 10.6.